The summed E-state index contributed by atoms with van der Waals surface area (Å²) in [4.78, 5) is 24.7. The molecular formula is C19H30O4Si. The number of hydrogen-bond acceptors (Lipinski definition) is 4. The van der Waals surface area contributed by atoms with Crippen LogP contribution in [0.25, 0.3) is 0 Å². The maximum atomic E-state index is 12.4. The van der Waals surface area contributed by atoms with E-state index >= 15 is 0 Å². The van der Waals surface area contributed by atoms with Gasteiger partial charge >= 0.3 is 11.9 Å². The van der Waals surface area contributed by atoms with Crippen molar-refractivity contribution in [2.75, 3.05) is 14.2 Å². The number of esters is 2. The molecule has 0 radical (unpaired) electrons. The molecule has 0 aromatic heterocycles. The third-order valence-electron chi connectivity index (χ3n) is 3.55. The molecule has 0 aromatic rings. The molecule has 0 aliphatic carbocycles. The lowest BCUT2D eigenvalue weighted by Gasteiger charge is -2.25. The van der Waals surface area contributed by atoms with Gasteiger partial charge in [0.2, 0.25) is 0 Å². The Bertz CT molecular complexity index is 540. The minimum Gasteiger partial charge on any atom is -0.468 e. The summed E-state index contributed by atoms with van der Waals surface area (Å²) >= 11 is 0. The van der Waals surface area contributed by atoms with Crippen LogP contribution in [0, 0.1) is 22.8 Å². The zero-order chi connectivity index (χ0) is 19.0. The number of carbonyl (C=O) groups is 2. The number of methoxy groups -OCH3 is 2. The van der Waals surface area contributed by atoms with Crippen LogP contribution in [-0.2, 0) is 19.1 Å². The van der Waals surface area contributed by atoms with Gasteiger partial charge in [-0.2, -0.15) is 0 Å². The van der Waals surface area contributed by atoms with Crippen LogP contribution in [0.1, 0.15) is 26.7 Å². The molecule has 0 fully saturated rings. The second-order valence-corrected chi connectivity index (χ2v) is 11.9. The lowest BCUT2D eigenvalue weighted by molar-refractivity contribution is -0.168. The highest BCUT2D eigenvalue weighted by Gasteiger charge is 2.47. The van der Waals surface area contributed by atoms with Crippen LogP contribution in [0.3, 0.4) is 0 Å². The molecule has 0 aliphatic heterocycles. The van der Waals surface area contributed by atoms with Crippen LogP contribution < -0.4 is 0 Å². The summed E-state index contributed by atoms with van der Waals surface area (Å²) in [5.41, 5.74) is 2.67. The van der Waals surface area contributed by atoms with E-state index in [9.17, 15) is 9.59 Å². The van der Waals surface area contributed by atoms with Gasteiger partial charge in [-0.05, 0) is 12.3 Å². The normalized spacial score (nSPS) is 11.8. The van der Waals surface area contributed by atoms with E-state index in [-0.39, 0.29) is 12.8 Å². The van der Waals surface area contributed by atoms with Crippen LogP contribution in [0.4, 0.5) is 0 Å². The summed E-state index contributed by atoms with van der Waals surface area (Å²) in [6.45, 7) is 14.3. The first kappa shape index (κ1) is 22.2. The quantitative estimate of drug-likeness (QED) is 0.231. The average molecular weight is 351 g/mol. The Morgan fingerprint density at radius 2 is 1.67 bits per heavy atom. The molecule has 0 bridgehead atoms. The van der Waals surface area contributed by atoms with Gasteiger partial charge in [-0.25, -0.2) is 0 Å². The fourth-order valence-electron chi connectivity index (χ4n) is 1.92. The first-order valence-corrected chi connectivity index (χ1v) is 11.5. The maximum Gasteiger partial charge on any atom is 0.324 e. The van der Waals surface area contributed by atoms with Crippen LogP contribution in [0.5, 0.6) is 0 Å². The second kappa shape index (κ2) is 9.48. The van der Waals surface area contributed by atoms with E-state index < -0.39 is 25.4 Å². The molecule has 0 saturated carbocycles. The summed E-state index contributed by atoms with van der Waals surface area (Å²) in [5.74, 6) is 2.05. The third-order valence-corrected chi connectivity index (χ3v) is 4.47. The minimum atomic E-state index is -1.61. The van der Waals surface area contributed by atoms with Gasteiger partial charge in [0.1, 0.15) is 8.07 Å². The molecule has 0 amide bonds. The number of rotatable bonds is 7. The fourth-order valence-corrected chi connectivity index (χ4v) is 2.54. The van der Waals surface area contributed by atoms with Crippen molar-refractivity contribution in [2.45, 2.75) is 46.3 Å². The Hall–Kier alpha value is -1.80. The van der Waals surface area contributed by atoms with Crippen LogP contribution >= 0.6 is 0 Å². The van der Waals surface area contributed by atoms with E-state index in [1.807, 2.05) is 19.9 Å². The number of carbonyl (C=O) groups excluding carboxylic acids is 2. The van der Waals surface area contributed by atoms with E-state index in [0.29, 0.717) is 5.92 Å². The smallest absolute Gasteiger partial charge is 0.324 e. The lowest BCUT2D eigenvalue weighted by Crippen LogP contribution is -2.40. The van der Waals surface area contributed by atoms with E-state index in [1.165, 1.54) is 14.2 Å². The molecule has 0 aliphatic rings. The molecule has 0 atom stereocenters. The largest absolute Gasteiger partial charge is 0.468 e. The van der Waals surface area contributed by atoms with Gasteiger partial charge < -0.3 is 9.47 Å². The van der Waals surface area contributed by atoms with Gasteiger partial charge in [-0.3, -0.25) is 9.59 Å². The predicted octanol–water partition coefficient (Wildman–Crippen LogP) is 3.75. The molecule has 5 heteroatoms. The SMILES string of the molecule is C=C(/C=C/CC(CC#C[Si](C)(C)C)(C(=O)OC)C(=O)OC)C(C)C. The standard InChI is InChI=1S/C19H30O4Si/c1-15(2)16(3)11-9-12-19(17(20)22-4,18(21)23-5)13-10-14-24(6,7)8/h9,11,15H,3,12-13H2,1-2,4-8H3/b11-9+. The molecule has 0 aromatic carbocycles. The van der Waals surface area contributed by atoms with Crippen LogP contribution in [0.15, 0.2) is 24.3 Å². The van der Waals surface area contributed by atoms with Crippen molar-refractivity contribution in [1.29, 1.82) is 0 Å². The summed E-state index contributed by atoms with van der Waals surface area (Å²) in [6.07, 6.45) is 3.84. The molecular weight excluding hydrogens is 320 g/mol. The first-order valence-electron chi connectivity index (χ1n) is 8.02. The number of allylic oxidation sites excluding steroid dienone is 3. The van der Waals surface area contributed by atoms with E-state index in [1.54, 1.807) is 6.08 Å². The van der Waals surface area contributed by atoms with Crippen molar-refractivity contribution in [3.63, 3.8) is 0 Å². The lowest BCUT2D eigenvalue weighted by atomic mass is 9.81. The highest BCUT2D eigenvalue weighted by atomic mass is 28.3. The summed E-state index contributed by atoms with van der Waals surface area (Å²) in [7, 11) is 0.925. The molecule has 134 valence electrons. The number of hydrogen-bond donors (Lipinski definition) is 0. The van der Waals surface area contributed by atoms with Gasteiger partial charge in [0, 0.05) is 6.42 Å². The molecule has 0 rings (SSSR count). The first-order chi connectivity index (χ1) is 11.0. The Balaban J connectivity index is 5.67. The second-order valence-electron chi connectivity index (χ2n) is 7.13. The summed E-state index contributed by atoms with van der Waals surface area (Å²) in [6, 6.07) is 0. The highest BCUT2D eigenvalue weighted by Crippen LogP contribution is 2.31. The van der Waals surface area contributed by atoms with Gasteiger partial charge in [0.05, 0.1) is 14.2 Å². The van der Waals surface area contributed by atoms with Crippen molar-refractivity contribution in [3.8, 4) is 11.5 Å². The predicted molar refractivity (Wildman–Crippen MR) is 99.9 cm³/mol. The molecule has 0 unspecified atom stereocenters. The van der Waals surface area contributed by atoms with Gasteiger partial charge in [-0.15, -0.1) is 11.5 Å². The topological polar surface area (TPSA) is 52.6 Å². The highest BCUT2D eigenvalue weighted by molar-refractivity contribution is 6.83. The Morgan fingerprint density at radius 3 is 2.04 bits per heavy atom. The van der Waals surface area contributed by atoms with Crippen molar-refractivity contribution < 1.29 is 19.1 Å². The van der Waals surface area contributed by atoms with Crippen LogP contribution in [-0.4, -0.2) is 34.2 Å². The average Bonchev–Trinajstić information content (AvgIpc) is 2.50. The molecule has 0 saturated heterocycles. The molecule has 0 N–H and O–H groups in total. The molecule has 4 nitrogen and oxygen atoms in total. The Morgan fingerprint density at radius 1 is 1.17 bits per heavy atom. The van der Waals surface area contributed by atoms with E-state index in [0.717, 1.165) is 5.57 Å². The fraction of sp³-hybridized carbons (Fsp3) is 0.579. The maximum absolute atomic E-state index is 12.4. The zero-order valence-electron chi connectivity index (χ0n) is 16.0. The summed E-state index contributed by atoms with van der Waals surface area (Å²) in [5, 5.41) is 0. The van der Waals surface area contributed by atoms with Crippen LogP contribution in [0.2, 0.25) is 19.6 Å². The van der Waals surface area contributed by atoms with Gasteiger partial charge in [0.25, 0.3) is 0 Å². The zero-order valence-corrected chi connectivity index (χ0v) is 17.0. The number of ether oxygens (including phenoxy) is 2. The van der Waals surface area contributed by atoms with E-state index in [4.69, 9.17) is 9.47 Å². The minimum absolute atomic E-state index is 0.0785. The van der Waals surface area contributed by atoms with Gasteiger partial charge in [0.15, 0.2) is 5.41 Å². The molecule has 0 spiro atoms. The molecule has 24 heavy (non-hydrogen) atoms. The van der Waals surface area contributed by atoms with Crippen molar-refractivity contribution in [3.05, 3.63) is 24.3 Å². The monoisotopic (exact) mass is 350 g/mol. The van der Waals surface area contributed by atoms with Crippen molar-refractivity contribution >= 4 is 20.0 Å². The van der Waals surface area contributed by atoms with Crippen molar-refractivity contribution in [1.82, 2.24) is 0 Å². The molecule has 0 heterocycles. The third kappa shape index (κ3) is 6.75. The summed E-state index contributed by atoms with van der Waals surface area (Å²) < 4.78 is 9.75. The van der Waals surface area contributed by atoms with Crippen molar-refractivity contribution in [2.24, 2.45) is 11.3 Å². The Labute approximate surface area is 147 Å². The Kier molecular flexibility index (Phi) is 8.77. The van der Waals surface area contributed by atoms with E-state index in [2.05, 4.69) is 37.7 Å². The van der Waals surface area contributed by atoms with Gasteiger partial charge in [-0.1, -0.05) is 57.8 Å².